The van der Waals surface area contributed by atoms with Crippen LogP contribution < -0.4 is 10.5 Å². The van der Waals surface area contributed by atoms with Crippen molar-refractivity contribution in [3.8, 4) is 5.75 Å². The molecule has 2 N–H and O–H groups in total. The lowest BCUT2D eigenvalue weighted by Gasteiger charge is -2.10. The normalized spacial score (nSPS) is 15.1. The molecule has 0 saturated carbocycles. The van der Waals surface area contributed by atoms with E-state index < -0.39 is 0 Å². The summed E-state index contributed by atoms with van der Waals surface area (Å²) in [6.45, 7) is 0.608. The second kappa shape index (κ2) is 6.07. The fourth-order valence-electron chi connectivity index (χ4n) is 1.27. The second-order valence-corrected chi connectivity index (χ2v) is 5.36. The molecule has 0 aromatic heterocycles. The van der Waals surface area contributed by atoms with Gasteiger partial charge in [0, 0.05) is 16.6 Å². The second-order valence-electron chi connectivity index (χ2n) is 3.45. The van der Waals surface area contributed by atoms with Crippen LogP contribution >= 0.6 is 27.7 Å². The molecule has 1 aliphatic heterocycles. The van der Waals surface area contributed by atoms with E-state index in [9.17, 15) is 0 Å². The Hall–Kier alpha value is -1.01. The number of ether oxygens (including phenoxy) is 1. The summed E-state index contributed by atoms with van der Waals surface area (Å²) in [4.78, 5) is 0. The van der Waals surface area contributed by atoms with Crippen molar-refractivity contribution in [3.63, 3.8) is 0 Å². The van der Waals surface area contributed by atoms with E-state index in [0.29, 0.717) is 11.8 Å². The molecule has 0 atom stereocenters. The van der Waals surface area contributed by atoms with Crippen molar-refractivity contribution in [2.45, 2.75) is 6.42 Å². The van der Waals surface area contributed by atoms with Crippen molar-refractivity contribution in [1.29, 1.82) is 0 Å². The van der Waals surface area contributed by atoms with Crippen LogP contribution in [0.25, 0.3) is 0 Å². The third-order valence-corrected chi connectivity index (χ3v) is 3.53. The quantitative estimate of drug-likeness (QED) is 0.929. The van der Waals surface area contributed by atoms with Crippen LogP contribution in [0.4, 0.5) is 0 Å². The average Bonchev–Trinajstić information content (AvgIpc) is 2.34. The Morgan fingerprint density at radius 3 is 2.71 bits per heavy atom. The first-order valence-electron chi connectivity index (χ1n) is 5.14. The number of rotatable bonds is 4. The monoisotopic (exact) mass is 313 g/mol. The fourth-order valence-corrected chi connectivity index (χ4v) is 2.15. The number of thioether (sulfide) groups is 1. The number of nitrogens with two attached hydrogens (primary N) is 1. The topological polar surface area (TPSA) is 60.0 Å². The molecule has 2 rings (SSSR count). The van der Waals surface area contributed by atoms with Crippen molar-refractivity contribution >= 4 is 38.6 Å². The van der Waals surface area contributed by atoms with Crippen molar-refractivity contribution in [2.24, 2.45) is 15.9 Å². The number of halogens is 1. The summed E-state index contributed by atoms with van der Waals surface area (Å²) in [5, 5.41) is 8.39. The number of amidine groups is 1. The minimum Gasteiger partial charge on any atom is -0.493 e. The predicted molar refractivity (Wildman–Crippen MR) is 75.8 cm³/mol. The van der Waals surface area contributed by atoms with Crippen LogP contribution in [-0.4, -0.2) is 23.2 Å². The molecule has 1 aliphatic rings. The van der Waals surface area contributed by atoms with Crippen molar-refractivity contribution in [2.75, 3.05) is 12.4 Å². The maximum Gasteiger partial charge on any atom is 0.180 e. The standard InChI is InChI=1S/C11H12BrN3OS/c12-8-1-3-10(4-2-8)16-6-5-9-7-17-11(13)15-14-9/h1-4H,5-7H2,(H2,13,15). The Labute approximate surface area is 112 Å². The third-order valence-electron chi connectivity index (χ3n) is 2.15. The van der Waals surface area contributed by atoms with Gasteiger partial charge in [-0.05, 0) is 24.3 Å². The van der Waals surface area contributed by atoms with E-state index in [4.69, 9.17) is 10.5 Å². The predicted octanol–water partition coefficient (Wildman–Crippen LogP) is 2.64. The molecular formula is C11H12BrN3OS. The highest BCUT2D eigenvalue weighted by molar-refractivity contribution is 9.10. The maximum absolute atomic E-state index is 5.60. The summed E-state index contributed by atoms with van der Waals surface area (Å²) in [7, 11) is 0. The Morgan fingerprint density at radius 2 is 2.06 bits per heavy atom. The SMILES string of the molecule is NC1=NN=C(CCOc2ccc(Br)cc2)CS1. The lowest BCUT2D eigenvalue weighted by molar-refractivity contribution is 0.329. The first kappa shape index (κ1) is 12.4. The minimum absolute atomic E-state index is 0.530. The highest BCUT2D eigenvalue weighted by Gasteiger charge is 2.07. The lowest BCUT2D eigenvalue weighted by Crippen LogP contribution is -2.17. The van der Waals surface area contributed by atoms with E-state index in [1.807, 2.05) is 24.3 Å². The van der Waals surface area contributed by atoms with Gasteiger partial charge < -0.3 is 10.5 Å². The molecule has 0 aliphatic carbocycles. The van der Waals surface area contributed by atoms with Gasteiger partial charge in [0.15, 0.2) is 5.17 Å². The summed E-state index contributed by atoms with van der Waals surface area (Å²) in [6.07, 6.45) is 0.778. The molecule has 0 saturated heterocycles. The first-order chi connectivity index (χ1) is 8.24. The van der Waals surface area contributed by atoms with E-state index >= 15 is 0 Å². The van der Waals surface area contributed by atoms with Gasteiger partial charge in [0.2, 0.25) is 0 Å². The first-order valence-corrected chi connectivity index (χ1v) is 6.92. The number of hydrogen-bond acceptors (Lipinski definition) is 5. The molecule has 0 fully saturated rings. The molecule has 0 bridgehead atoms. The van der Waals surface area contributed by atoms with Crippen molar-refractivity contribution in [1.82, 2.24) is 0 Å². The fraction of sp³-hybridized carbons (Fsp3) is 0.273. The van der Waals surface area contributed by atoms with Gasteiger partial charge in [0.1, 0.15) is 5.75 Å². The molecule has 0 radical (unpaired) electrons. The Bertz CT molecular complexity index is 445. The zero-order valence-corrected chi connectivity index (χ0v) is 11.5. The van der Waals surface area contributed by atoms with Crippen LogP contribution in [0.15, 0.2) is 38.9 Å². The number of nitrogens with zero attached hydrogens (tertiary/aromatic N) is 2. The van der Waals surface area contributed by atoms with Gasteiger partial charge in [-0.15, -0.1) is 5.10 Å². The smallest absolute Gasteiger partial charge is 0.180 e. The summed E-state index contributed by atoms with van der Waals surface area (Å²) in [6, 6.07) is 7.76. The third kappa shape index (κ3) is 4.05. The van der Waals surface area contributed by atoms with Crippen LogP contribution in [-0.2, 0) is 0 Å². The van der Waals surface area contributed by atoms with Crippen molar-refractivity contribution in [3.05, 3.63) is 28.7 Å². The Morgan fingerprint density at radius 1 is 1.29 bits per heavy atom. The van der Waals surface area contributed by atoms with Gasteiger partial charge in [-0.2, -0.15) is 5.10 Å². The van der Waals surface area contributed by atoms with Crippen LogP contribution in [0.1, 0.15) is 6.42 Å². The average molecular weight is 314 g/mol. The largest absolute Gasteiger partial charge is 0.493 e. The van der Waals surface area contributed by atoms with Gasteiger partial charge in [-0.3, -0.25) is 0 Å². The van der Waals surface area contributed by atoms with Gasteiger partial charge in [0.25, 0.3) is 0 Å². The Kier molecular flexibility index (Phi) is 4.44. The van der Waals surface area contributed by atoms with E-state index in [-0.39, 0.29) is 0 Å². The summed E-state index contributed by atoms with van der Waals surface area (Å²) in [5.41, 5.74) is 6.52. The van der Waals surface area contributed by atoms with Gasteiger partial charge in [-0.25, -0.2) is 0 Å². The van der Waals surface area contributed by atoms with Crippen LogP contribution in [0.3, 0.4) is 0 Å². The van der Waals surface area contributed by atoms with E-state index in [1.165, 1.54) is 11.8 Å². The summed E-state index contributed by atoms with van der Waals surface area (Å²) >= 11 is 4.89. The molecule has 0 amide bonds. The molecule has 1 aromatic rings. The molecule has 4 nitrogen and oxygen atoms in total. The highest BCUT2D eigenvalue weighted by Crippen LogP contribution is 2.16. The Balaban J connectivity index is 1.78. The molecule has 6 heteroatoms. The zero-order valence-electron chi connectivity index (χ0n) is 9.10. The van der Waals surface area contributed by atoms with Crippen LogP contribution in [0.2, 0.25) is 0 Å². The van der Waals surface area contributed by atoms with Crippen molar-refractivity contribution < 1.29 is 4.74 Å². The van der Waals surface area contributed by atoms with Crippen LogP contribution in [0, 0.1) is 0 Å². The van der Waals surface area contributed by atoms with E-state index in [2.05, 4.69) is 26.1 Å². The maximum atomic E-state index is 5.60. The van der Waals surface area contributed by atoms with E-state index in [0.717, 1.165) is 28.1 Å². The van der Waals surface area contributed by atoms with Gasteiger partial charge in [-0.1, -0.05) is 27.7 Å². The lowest BCUT2D eigenvalue weighted by atomic mass is 10.3. The summed E-state index contributed by atoms with van der Waals surface area (Å²) in [5.74, 6) is 1.67. The summed E-state index contributed by atoms with van der Waals surface area (Å²) < 4.78 is 6.64. The molecule has 90 valence electrons. The minimum atomic E-state index is 0.530. The molecular weight excluding hydrogens is 302 g/mol. The molecule has 0 unspecified atom stereocenters. The molecule has 0 spiro atoms. The van der Waals surface area contributed by atoms with Gasteiger partial charge in [0.05, 0.1) is 12.3 Å². The molecule has 1 aromatic carbocycles. The highest BCUT2D eigenvalue weighted by atomic mass is 79.9. The molecule has 1 heterocycles. The molecule has 17 heavy (non-hydrogen) atoms. The van der Waals surface area contributed by atoms with E-state index in [1.54, 1.807) is 0 Å². The number of hydrogen-bond donors (Lipinski definition) is 1. The van der Waals surface area contributed by atoms with Gasteiger partial charge >= 0.3 is 0 Å². The van der Waals surface area contributed by atoms with Crippen LogP contribution in [0.5, 0.6) is 5.75 Å². The number of benzene rings is 1. The zero-order chi connectivity index (χ0) is 12.1.